The van der Waals surface area contributed by atoms with Gasteiger partial charge in [-0.05, 0) is 0 Å². The van der Waals surface area contributed by atoms with Crippen molar-refractivity contribution in [1.29, 1.82) is 0 Å². The number of hydrogen-bond donors (Lipinski definition) is 5. The molecule has 0 radical (unpaired) electrons. The average molecular weight is 190 g/mol. The zero-order chi connectivity index (χ0) is 10.3. The molecule has 76 valence electrons. The standard InChI is InChI=1S/C6H14N4O3/c7-2-1-5(12)9-4(3-11)6(13)10-8/h4,11H,1-3,7-8H2,(H,9,12)(H,10,13)/t4-/m0/s1. The lowest BCUT2D eigenvalue weighted by atomic mass is 10.3. The molecule has 0 aliphatic carbocycles. The summed E-state index contributed by atoms with van der Waals surface area (Å²) in [6, 6.07) is -1.01. The summed E-state index contributed by atoms with van der Waals surface area (Å²) in [6.07, 6.45) is 0.106. The molecule has 0 unspecified atom stereocenters. The van der Waals surface area contributed by atoms with Gasteiger partial charge in [-0.2, -0.15) is 0 Å². The van der Waals surface area contributed by atoms with Crippen molar-refractivity contribution in [3.8, 4) is 0 Å². The summed E-state index contributed by atoms with van der Waals surface area (Å²) in [5.74, 6) is 3.77. The highest BCUT2D eigenvalue weighted by Gasteiger charge is 2.17. The summed E-state index contributed by atoms with van der Waals surface area (Å²) in [6.45, 7) is -0.312. The zero-order valence-electron chi connectivity index (χ0n) is 7.12. The number of rotatable bonds is 5. The molecule has 0 bridgehead atoms. The molecule has 0 aliphatic heterocycles. The van der Waals surface area contributed by atoms with Gasteiger partial charge in [-0.1, -0.05) is 0 Å². The zero-order valence-corrected chi connectivity index (χ0v) is 7.12. The molecule has 0 fully saturated rings. The number of hydrogen-bond acceptors (Lipinski definition) is 5. The molecule has 0 aromatic rings. The van der Waals surface area contributed by atoms with Crippen molar-refractivity contribution in [2.24, 2.45) is 11.6 Å². The van der Waals surface area contributed by atoms with Crippen LogP contribution in [0.15, 0.2) is 0 Å². The van der Waals surface area contributed by atoms with Crippen LogP contribution in [0.4, 0.5) is 0 Å². The second-order valence-corrected chi connectivity index (χ2v) is 2.35. The second kappa shape index (κ2) is 6.35. The molecule has 7 heteroatoms. The van der Waals surface area contributed by atoms with Crippen LogP contribution in [0.3, 0.4) is 0 Å². The Balaban J connectivity index is 3.97. The van der Waals surface area contributed by atoms with E-state index in [0.29, 0.717) is 0 Å². The molecule has 0 heterocycles. The van der Waals surface area contributed by atoms with Gasteiger partial charge in [0.2, 0.25) is 5.91 Å². The molecule has 0 saturated carbocycles. The molecule has 0 spiro atoms. The second-order valence-electron chi connectivity index (χ2n) is 2.35. The summed E-state index contributed by atoms with van der Waals surface area (Å²) in [7, 11) is 0. The van der Waals surface area contributed by atoms with Crippen LogP contribution in [0.5, 0.6) is 0 Å². The number of amides is 2. The van der Waals surface area contributed by atoms with Crippen molar-refractivity contribution < 1.29 is 14.7 Å². The highest BCUT2D eigenvalue weighted by molar-refractivity contribution is 5.87. The van der Waals surface area contributed by atoms with E-state index in [9.17, 15) is 9.59 Å². The van der Waals surface area contributed by atoms with Crippen molar-refractivity contribution in [3.63, 3.8) is 0 Å². The summed E-state index contributed by atoms with van der Waals surface area (Å²) in [5.41, 5.74) is 6.93. The largest absolute Gasteiger partial charge is 0.394 e. The van der Waals surface area contributed by atoms with Crippen molar-refractivity contribution >= 4 is 11.8 Å². The number of carbonyl (C=O) groups is 2. The lowest BCUT2D eigenvalue weighted by Gasteiger charge is -2.13. The Bertz CT molecular complexity index is 185. The molecule has 0 aromatic carbocycles. The van der Waals surface area contributed by atoms with E-state index in [-0.39, 0.29) is 13.0 Å². The smallest absolute Gasteiger partial charge is 0.258 e. The van der Waals surface area contributed by atoms with E-state index < -0.39 is 24.5 Å². The summed E-state index contributed by atoms with van der Waals surface area (Å²) in [4.78, 5) is 21.8. The van der Waals surface area contributed by atoms with E-state index in [1.54, 1.807) is 0 Å². The highest BCUT2D eigenvalue weighted by atomic mass is 16.3. The maximum absolute atomic E-state index is 10.9. The van der Waals surface area contributed by atoms with Crippen LogP contribution in [-0.4, -0.2) is 36.1 Å². The minimum atomic E-state index is -1.01. The van der Waals surface area contributed by atoms with Gasteiger partial charge >= 0.3 is 0 Å². The van der Waals surface area contributed by atoms with E-state index >= 15 is 0 Å². The SMILES string of the molecule is NCCC(=O)N[C@@H](CO)C(=O)NN. The molecular weight excluding hydrogens is 176 g/mol. The Labute approximate surface area is 75.4 Å². The third-order valence-corrected chi connectivity index (χ3v) is 1.35. The van der Waals surface area contributed by atoms with E-state index in [2.05, 4.69) is 5.32 Å². The van der Waals surface area contributed by atoms with Crippen molar-refractivity contribution in [2.75, 3.05) is 13.2 Å². The molecule has 1 atom stereocenters. The molecule has 13 heavy (non-hydrogen) atoms. The lowest BCUT2D eigenvalue weighted by molar-refractivity contribution is -0.129. The van der Waals surface area contributed by atoms with Gasteiger partial charge in [-0.25, -0.2) is 5.84 Å². The van der Waals surface area contributed by atoms with Gasteiger partial charge in [0.25, 0.3) is 5.91 Å². The Hall–Kier alpha value is -1.18. The first-order chi connectivity index (χ1) is 6.15. The Morgan fingerprint density at radius 3 is 2.46 bits per heavy atom. The predicted molar refractivity (Wildman–Crippen MR) is 45.0 cm³/mol. The number of nitrogens with two attached hydrogens (primary N) is 2. The summed E-state index contributed by atoms with van der Waals surface area (Å²) in [5, 5.41) is 10.9. The fourth-order valence-electron chi connectivity index (χ4n) is 0.692. The first-order valence-corrected chi connectivity index (χ1v) is 3.76. The van der Waals surface area contributed by atoms with Gasteiger partial charge in [-0.3, -0.25) is 15.0 Å². The molecule has 0 saturated heterocycles. The number of carbonyl (C=O) groups excluding carboxylic acids is 2. The van der Waals surface area contributed by atoms with Crippen LogP contribution in [0.1, 0.15) is 6.42 Å². The van der Waals surface area contributed by atoms with E-state index in [0.717, 1.165) is 0 Å². The number of aliphatic hydroxyl groups excluding tert-OH is 1. The number of nitrogens with one attached hydrogen (secondary N) is 2. The Morgan fingerprint density at radius 2 is 2.08 bits per heavy atom. The normalized spacial score (nSPS) is 11.9. The minimum absolute atomic E-state index is 0.106. The molecule has 2 amide bonds. The Morgan fingerprint density at radius 1 is 1.46 bits per heavy atom. The summed E-state index contributed by atoms with van der Waals surface area (Å²) < 4.78 is 0. The average Bonchev–Trinajstić information content (AvgIpc) is 2.13. The maximum Gasteiger partial charge on any atom is 0.258 e. The fraction of sp³-hybridized carbons (Fsp3) is 0.667. The van der Waals surface area contributed by atoms with Crippen LogP contribution in [0.25, 0.3) is 0 Å². The Kier molecular flexibility index (Phi) is 5.77. The van der Waals surface area contributed by atoms with E-state index in [1.165, 1.54) is 0 Å². The molecular formula is C6H14N4O3. The quantitative estimate of drug-likeness (QED) is 0.177. The third kappa shape index (κ3) is 4.41. The highest BCUT2D eigenvalue weighted by Crippen LogP contribution is 1.84. The van der Waals surface area contributed by atoms with Crippen LogP contribution in [0.2, 0.25) is 0 Å². The molecule has 0 aliphatic rings. The van der Waals surface area contributed by atoms with Crippen molar-refractivity contribution in [1.82, 2.24) is 10.7 Å². The molecule has 7 N–H and O–H groups in total. The fourth-order valence-corrected chi connectivity index (χ4v) is 0.692. The van der Waals surface area contributed by atoms with Crippen molar-refractivity contribution in [2.45, 2.75) is 12.5 Å². The van der Waals surface area contributed by atoms with Gasteiger partial charge < -0.3 is 16.2 Å². The number of hydrazine groups is 1. The monoisotopic (exact) mass is 190 g/mol. The van der Waals surface area contributed by atoms with Gasteiger partial charge in [-0.15, -0.1) is 0 Å². The number of aliphatic hydroxyl groups is 1. The molecule has 0 aromatic heterocycles. The maximum atomic E-state index is 10.9. The van der Waals surface area contributed by atoms with Gasteiger partial charge in [0.05, 0.1) is 6.61 Å². The van der Waals surface area contributed by atoms with Crippen LogP contribution >= 0.6 is 0 Å². The van der Waals surface area contributed by atoms with Crippen LogP contribution < -0.4 is 22.3 Å². The topological polar surface area (TPSA) is 130 Å². The van der Waals surface area contributed by atoms with E-state index in [4.69, 9.17) is 16.7 Å². The van der Waals surface area contributed by atoms with Gasteiger partial charge in [0.1, 0.15) is 6.04 Å². The lowest BCUT2D eigenvalue weighted by Crippen LogP contribution is -2.51. The molecule has 0 rings (SSSR count). The van der Waals surface area contributed by atoms with E-state index in [1.807, 2.05) is 5.43 Å². The van der Waals surface area contributed by atoms with Gasteiger partial charge in [0, 0.05) is 13.0 Å². The first kappa shape index (κ1) is 11.8. The molecule has 7 nitrogen and oxygen atoms in total. The van der Waals surface area contributed by atoms with Crippen LogP contribution in [0, 0.1) is 0 Å². The van der Waals surface area contributed by atoms with Crippen molar-refractivity contribution in [3.05, 3.63) is 0 Å². The summed E-state index contributed by atoms with van der Waals surface area (Å²) >= 11 is 0. The first-order valence-electron chi connectivity index (χ1n) is 3.76. The van der Waals surface area contributed by atoms with Crippen LogP contribution in [-0.2, 0) is 9.59 Å². The third-order valence-electron chi connectivity index (χ3n) is 1.35. The van der Waals surface area contributed by atoms with Gasteiger partial charge in [0.15, 0.2) is 0 Å². The predicted octanol–water partition coefficient (Wildman–Crippen LogP) is -3.20. The minimum Gasteiger partial charge on any atom is -0.394 e.